The van der Waals surface area contributed by atoms with Crippen molar-refractivity contribution >= 4 is 11.8 Å². The van der Waals surface area contributed by atoms with E-state index in [1.54, 1.807) is 11.8 Å². The minimum absolute atomic E-state index is 0.645. The molecule has 0 atom stereocenters. The summed E-state index contributed by atoms with van der Waals surface area (Å²) in [6.07, 6.45) is 2.92. The van der Waals surface area contributed by atoms with Crippen molar-refractivity contribution in [2.75, 3.05) is 19.1 Å². The van der Waals surface area contributed by atoms with Gasteiger partial charge in [-0.05, 0) is 13.3 Å². The first-order valence-electron chi connectivity index (χ1n) is 3.81. The monoisotopic (exact) mass is 187 g/mol. The van der Waals surface area contributed by atoms with E-state index >= 15 is 0 Å². The lowest BCUT2D eigenvalue weighted by Gasteiger charge is -1.90. The fraction of sp³-hybridized carbons (Fsp3) is 0.714. The van der Waals surface area contributed by atoms with E-state index in [4.69, 9.17) is 4.42 Å². The van der Waals surface area contributed by atoms with Gasteiger partial charge in [0, 0.05) is 12.2 Å². The minimum atomic E-state index is 0.645. The van der Waals surface area contributed by atoms with Gasteiger partial charge in [-0.15, -0.1) is 10.2 Å². The van der Waals surface area contributed by atoms with Crippen LogP contribution in [0.5, 0.6) is 0 Å². The second-order valence-electron chi connectivity index (χ2n) is 2.36. The smallest absolute Gasteiger partial charge is 0.230 e. The zero-order chi connectivity index (χ0) is 8.81. The molecule has 0 bridgehead atoms. The van der Waals surface area contributed by atoms with Gasteiger partial charge in [0.2, 0.25) is 11.8 Å². The molecule has 1 N–H and O–H groups in total. The Morgan fingerprint density at radius 1 is 1.42 bits per heavy atom. The summed E-state index contributed by atoms with van der Waals surface area (Å²) in [6, 6.07) is 0. The Morgan fingerprint density at radius 2 is 2.17 bits per heavy atom. The van der Waals surface area contributed by atoms with Gasteiger partial charge >= 0.3 is 0 Å². The predicted octanol–water partition coefficient (Wildman–Crippen LogP) is 0.694. The maximum absolute atomic E-state index is 5.33. The van der Waals surface area contributed by atoms with Gasteiger partial charge in [0.05, 0.1) is 6.54 Å². The SMILES string of the molecule is CNCc1nnc(CCSC)o1. The highest BCUT2D eigenvalue weighted by Gasteiger charge is 2.03. The zero-order valence-electron chi connectivity index (χ0n) is 7.33. The Hall–Kier alpha value is -0.550. The Kier molecular flexibility index (Phi) is 4.10. The lowest BCUT2D eigenvalue weighted by atomic mass is 10.5. The molecule has 0 aliphatic rings. The van der Waals surface area contributed by atoms with E-state index in [0.29, 0.717) is 12.4 Å². The summed E-state index contributed by atoms with van der Waals surface area (Å²) in [5.41, 5.74) is 0. The van der Waals surface area contributed by atoms with Crippen LogP contribution in [0.25, 0.3) is 0 Å². The Bertz CT molecular complexity index is 226. The molecule has 12 heavy (non-hydrogen) atoms. The van der Waals surface area contributed by atoms with Gasteiger partial charge < -0.3 is 9.73 Å². The highest BCUT2D eigenvalue weighted by molar-refractivity contribution is 7.98. The molecule has 1 aromatic rings. The number of hydrogen-bond donors (Lipinski definition) is 1. The van der Waals surface area contributed by atoms with E-state index in [-0.39, 0.29) is 0 Å². The third-order valence-electron chi connectivity index (χ3n) is 1.36. The van der Waals surface area contributed by atoms with Crippen molar-refractivity contribution in [2.24, 2.45) is 0 Å². The second kappa shape index (κ2) is 5.16. The third-order valence-corrected chi connectivity index (χ3v) is 1.97. The van der Waals surface area contributed by atoms with Gasteiger partial charge in [-0.2, -0.15) is 11.8 Å². The first-order chi connectivity index (χ1) is 5.86. The maximum atomic E-state index is 5.33. The van der Waals surface area contributed by atoms with E-state index < -0.39 is 0 Å². The number of hydrogen-bond acceptors (Lipinski definition) is 5. The third kappa shape index (κ3) is 2.83. The molecule has 0 fully saturated rings. The summed E-state index contributed by atoms with van der Waals surface area (Å²) in [4.78, 5) is 0. The molecule has 0 radical (unpaired) electrons. The van der Waals surface area contributed by atoms with Crippen molar-refractivity contribution in [2.45, 2.75) is 13.0 Å². The summed E-state index contributed by atoms with van der Waals surface area (Å²) >= 11 is 1.78. The van der Waals surface area contributed by atoms with Crippen LogP contribution in [0.4, 0.5) is 0 Å². The summed E-state index contributed by atoms with van der Waals surface area (Å²) in [5.74, 6) is 2.42. The molecule has 1 heterocycles. The average molecular weight is 187 g/mol. The van der Waals surface area contributed by atoms with Crippen molar-refractivity contribution in [3.63, 3.8) is 0 Å². The van der Waals surface area contributed by atoms with Crippen molar-refractivity contribution in [1.29, 1.82) is 0 Å². The minimum Gasteiger partial charge on any atom is -0.424 e. The molecule has 68 valence electrons. The van der Waals surface area contributed by atoms with E-state index in [1.165, 1.54) is 0 Å². The number of thioether (sulfide) groups is 1. The molecule has 0 aliphatic carbocycles. The highest BCUT2D eigenvalue weighted by atomic mass is 32.2. The van der Waals surface area contributed by atoms with Crippen LogP contribution < -0.4 is 5.32 Å². The van der Waals surface area contributed by atoms with Gasteiger partial charge in [-0.1, -0.05) is 0 Å². The van der Waals surface area contributed by atoms with Gasteiger partial charge in [0.15, 0.2) is 0 Å². The number of nitrogens with one attached hydrogen (secondary N) is 1. The van der Waals surface area contributed by atoms with Crippen molar-refractivity contribution in [3.8, 4) is 0 Å². The fourth-order valence-electron chi connectivity index (χ4n) is 0.801. The van der Waals surface area contributed by atoms with Crippen LogP contribution in [0.3, 0.4) is 0 Å². The fourth-order valence-corrected chi connectivity index (χ4v) is 1.18. The summed E-state index contributed by atoms with van der Waals surface area (Å²) in [6.45, 7) is 0.645. The van der Waals surface area contributed by atoms with E-state index in [2.05, 4.69) is 21.8 Å². The molecule has 1 rings (SSSR count). The molecule has 0 unspecified atom stereocenters. The zero-order valence-corrected chi connectivity index (χ0v) is 8.15. The van der Waals surface area contributed by atoms with Crippen molar-refractivity contribution in [3.05, 3.63) is 11.8 Å². The number of rotatable bonds is 5. The molecule has 4 nitrogen and oxygen atoms in total. The molecule has 1 aromatic heterocycles. The van der Waals surface area contributed by atoms with Crippen molar-refractivity contribution in [1.82, 2.24) is 15.5 Å². The molecule has 5 heteroatoms. The van der Waals surface area contributed by atoms with Gasteiger partial charge in [-0.25, -0.2) is 0 Å². The van der Waals surface area contributed by atoms with Crippen LogP contribution in [0.2, 0.25) is 0 Å². The molecular formula is C7H13N3OS. The molecule has 0 spiro atoms. The van der Waals surface area contributed by atoms with Gasteiger partial charge in [0.25, 0.3) is 0 Å². The first-order valence-corrected chi connectivity index (χ1v) is 5.21. The Balaban J connectivity index is 2.41. The number of aromatic nitrogens is 2. The highest BCUT2D eigenvalue weighted by Crippen LogP contribution is 2.03. The largest absolute Gasteiger partial charge is 0.424 e. The lowest BCUT2D eigenvalue weighted by Crippen LogP contribution is -2.04. The van der Waals surface area contributed by atoms with Crippen LogP contribution in [0.1, 0.15) is 11.8 Å². The molecule has 0 aromatic carbocycles. The van der Waals surface area contributed by atoms with Crippen LogP contribution in [-0.2, 0) is 13.0 Å². The van der Waals surface area contributed by atoms with Crippen LogP contribution in [0, 0.1) is 0 Å². The van der Waals surface area contributed by atoms with E-state index in [1.807, 2.05) is 7.05 Å². The second-order valence-corrected chi connectivity index (χ2v) is 3.35. The molecular weight excluding hydrogens is 174 g/mol. The summed E-state index contributed by atoms with van der Waals surface area (Å²) < 4.78 is 5.33. The van der Waals surface area contributed by atoms with Crippen molar-refractivity contribution < 1.29 is 4.42 Å². The van der Waals surface area contributed by atoms with Crippen LogP contribution >= 0.6 is 11.8 Å². The molecule has 0 saturated carbocycles. The van der Waals surface area contributed by atoms with E-state index in [0.717, 1.165) is 18.1 Å². The number of nitrogens with zero attached hydrogens (tertiary/aromatic N) is 2. The quantitative estimate of drug-likeness (QED) is 0.735. The molecule has 0 amide bonds. The summed E-state index contributed by atoms with van der Waals surface area (Å²) in [5, 5.41) is 10.7. The standard InChI is InChI=1S/C7H13N3OS/c1-8-5-7-10-9-6(11-7)3-4-12-2/h8H,3-5H2,1-2H3. The first kappa shape index (κ1) is 9.54. The Morgan fingerprint density at radius 3 is 2.83 bits per heavy atom. The van der Waals surface area contributed by atoms with Crippen LogP contribution in [0.15, 0.2) is 4.42 Å². The summed E-state index contributed by atoms with van der Waals surface area (Å²) in [7, 11) is 1.85. The Labute approximate surface area is 76.1 Å². The van der Waals surface area contributed by atoms with E-state index in [9.17, 15) is 0 Å². The van der Waals surface area contributed by atoms with Gasteiger partial charge in [0.1, 0.15) is 0 Å². The maximum Gasteiger partial charge on any atom is 0.230 e. The topological polar surface area (TPSA) is 51.0 Å². The lowest BCUT2D eigenvalue weighted by molar-refractivity contribution is 0.444. The predicted molar refractivity (Wildman–Crippen MR) is 49.1 cm³/mol. The number of aryl methyl sites for hydroxylation is 1. The molecule has 0 aliphatic heterocycles. The van der Waals surface area contributed by atoms with Crippen LogP contribution in [-0.4, -0.2) is 29.3 Å². The van der Waals surface area contributed by atoms with Gasteiger partial charge in [-0.3, -0.25) is 0 Å². The molecule has 0 saturated heterocycles. The average Bonchev–Trinajstić information content (AvgIpc) is 2.50. The normalized spacial score (nSPS) is 10.5.